The Hall–Kier alpha value is -4.07. The van der Waals surface area contributed by atoms with Gasteiger partial charge in [0.25, 0.3) is 5.69 Å². The van der Waals surface area contributed by atoms with Crippen molar-refractivity contribution in [3.05, 3.63) is 64.2 Å². The topological polar surface area (TPSA) is 104 Å². The van der Waals surface area contributed by atoms with Crippen molar-refractivity contribution < 1.29 is 23.9 Å². The Morgan fingerprint density at radius 2 is 1.77 bits per heavy atom. The minimum atomic E-state index is -0.699. The van der Waals surface area contributed by atoms with Gasteiger partial charge in [-0.05, 0) is 24.3 Å². The summed E-state index contributed by atoms with van der Waals surface area (Å²) in [5.74, 6) is 0.127. The number of aromatic amines is 1. The molecule has 1 heterocycles. The van der Waals surface area contributed by atoms with Gasteiger partial charge >= 0.3 is 5.97 Å². The summed E-state index contributed by atoms with van der Waals surface area (Å²) in [7, 11) is 4.18. The fourth-order valence-corrected chi connectivity index (χ4v) is 3.70. The van der Waals surface area contributed by atoms with E-state index in [1.165, 1.54) is 27.4 Å². The zero-order chi connectivity index (χ0) is 21.4. The van der Waals surface area contributed by atoms with Crippen molar-refractivity contribution in [3.63, 3.8) is 0 Å². The minimum absolute atomic E-state index is 0.0597. The first kappa shape index (κ1) is 19.3. The van der Waals surface area contributed by atoms with Crippen LogP contribution in [0.15, 0.2) is 48.5 Å². The standard InChI is InChI=1S/C22H18N2O6/c1-28-12-8-9-18(29-2)15(10-12)19-17(24(26)27)11-14-13-6-4-5-7-16(13)23-21(14)20(19)22(25)30-3/h4-11,23H,1-3H3. The van der Waals surface area contributed by atoms with Crippen LogP contribution >= 0.6 is 0 Å². The van der Waals surface area contributed by atoms with E-state index in [1.807, 2.05) is 24.3 Å². The number of aromatic nitrogens is 1. The number of fused-ring (bicyclic) bond motifs is 3. The first-order valence-electron chi connectivity index (χ1n) is 9.02. The van der Waals surface area contributed by atoms with Crippen molar-refractivity contribution in [2.45, 2.75) is 0 Å². The van der Waals surface area contributed by atoms with Crippen molar-refractivity contribution in [2.75, 3.05) is 21.3 Å². The predicted molar refractivity (Wildman–Crippen MR) is 112 cm³/mol. The second-order valence-electron chi connectivity index (χ2n) is 6.55. The molecule has 1 N–H and O–H groups in total. The summed E-state index contributed by atoms with van der Waals surface area (Å²) >= 11 is 0. The maximum Gasteiger partial charge on any atom is 0.340 e. The summed E-state index contributed by atoms with van der Waals surface area (Å²) in [6.07, 6.45) is 0. The van der Waals surface area contributed by atoms with Gasteiger partial charge in [0.15, 0.2) is 0 Å². The molecule has 30 heavy (non-hydrogen) atoms. The van der Waals surface area contributed by atoms with E-state index in [0.29, 0.717) is 28.0 Å². The maximum atomic E-state index is 12.9. The molecule has 0 amide bonds. The third-order valence-corrected chi connectivity index (χ3v) is 5.05. The molecule has 3 aromatic carbocycles. The lowest BCUT2D eigenvalue weighted by molar-refractivity contribution is -0.384. The van der Waals surface area contributed by atoms with E-state index in [2.05, 4.69) is 4.98 Å². The summed E-state index contributed by atoms with van der Waals surface area (Å²) in [4.78, 5) is 27.7. The molecule has 0 saturated carbocycles. The van der Waals surface area contributed by atoms with Crippen LogP contribution in [0.1, 0.15) is 10.4 Å². The number of methoxy groups -OCH3 is 3. The molecule has 0 atom stereocenters. The molecule has 4 aromatic rings. The van der Waals surface area contributed by atoms with E-state index in [0.717, 1.165) is 10.9 Å². The fraction of sp³-hybridized carbons (Fsp3) is 0.136. The lowest BCUT2D eigenvalue weighted by Crippen LogP contribution is -2.08. The summed E-state index contributed by atoms with van der Waals surface area (Å²) in [5.41, 5.74) is 1.48. The fourth-order valence-electron chi connectivity index (χ4n) is 3.70. The van der Waals surface area contributed by atoms with Gasteiger partial charge in [-0.3, -0.25) is 10.1 Å². The molecule has 8 nitrogen and oxygen atoms in total. The number of rotatable bonds is 5. The van der Waals surface area contributed by atoms with Crippen LogP contribution in [0.3, 0.4) is 0 Å². The highest BCUT2D eigenvalue weighted by Gasteiger charge is 2.31. The number of hydrogen-bond acceptors (Lipinski definition) is 6. The Kier molecular flexibility index (Phi) is 4.75. The number of nitro benzene ring substituents is 1. The van der Waals surface area contributed by atoms with Crippen LogP contribution in [0.4, 0.5) is 5.69 Å². The molecule has 0 unspecified atom stereocenters. The predicted octanol–water partition coefficient (Wildman–Crippen LogP) is 4.70. The van der Waals surface area contributed by atoms with Gasteiger partial charge < -0.3 is 19.2 Å². The average molecular weight is 406 g/mol. The number of benzene rings is 3. The lowest BCUT2D eigenvalue weighted by Gasteiger charge is -2.15. The molecular weight excluding hydrogens is 388 g/mol. The van der Waals surface area contributed by atoms with Gasteiger partial charge in [0.2, 0.25) is 0 Å². The lowest BCUT2D eigenvalue weighted by atomic mass is 9.93. The van der Waals surface area contributed by atoms with Gasteiger partial charge in [0, 0.05) is 27.9 Å². The molecule has 152 valence electrons. The van der Waals surface area contributed by atoms with Crippen LogP contribution in [-0.4, -0.2) is 37.2 Å². The molecule has 0 fully saturated rings. The van der Waals surface area contributed by atoms with E-state index in [1.54, 1.807) is 18.2 Å². The van der Waals surface area contributed by atoms with Gasteiger partial charge in [-0.2, -0.15) is 0 Å². The molecule has 0 radical (unpaired) electrons. The van der Waals surface area contributed by atoms with Gasteiger partial charge in [0.05, 0.1) is 42.9 Å². The normalized spacial score (nSPS) is 10.9. The van der Waals surface area contributed by atoms with E-state index in [-0.39, 0.29) is 16.8 Å². The molecule has 0 aliphatic heterocycles. The maximum absolute atomic E-state index is 12.9. The Morgan fingerprint density at radius 1 is 1.00 bits per heavy atom. The van der Waals surface area contributed by atoms with Gasteiger partial charge in [-0.15, -0.1) is 0 Å². The molecule has 0 aliphatic carbocycles. The largest absolute Gasteiger partial charge is 0.497 e. The number of nitrogens with zero attached hydrogens (tertiary/aromatic N) is 1. The van der Waals surface area contributed by atoms with Crippen molar-refractivity contribution in [1.82, 2.24) is 4.98 Å². The molecule has 0 spiro atoms. The van der Waals surface area contributed by atoms with Crippen LogP contribution in [0, 0.1) is 10.1 Å². The van der Waals surface area contributed by atoms with Crippen LogP contribution in [0.25, 0.3) is 32.9 Å². The van der Waals surface area contributed by atoms with Crippen molar-refractivity contribution in [2.24, 2.45) is 0 Å². The number of nitrogens with one attached hydrogen (secondary N) is 1. The third-order valence-electron chi connectivity index (χ3n) is 5.05. The molecule has 0 saturated heterocycles. The summed E-state index contributed by atoms with van der Waals surface area (Å²) in [6.45, 7) is 0. The summed E-state index contributed by atoms with van der Waals surface area (Å²) in [5, 5.41) is 13.4. The zero-order valence-corrected chi connectivity index (χ0v) is 16.5. The molecule has 4 rings (SSSR count). The number of carbonyl (C=O) groups excluding carboxylic acids is 1. The average Bonchev–Trinajstić information content (AvgIpc) is 3.15. The number of H-pyrrole nitrogens is 1. The first-order chi connectivity index (χ1) is 14.5. The zero-order valence-electron chi connectivity index (χ0n) is 16.5. The summed E-state index contributed by atoms with van der Waals surface area (Å²) in [6, 6.07) is 13.7. The molecular formula is C22H18N2O6. The minimum Gasteiger partial charge on any atom is -0.497 e. The van der Waals surface area contributed by atoms with E-state index >= 15 is 0 Å². The van der Waals surface area contributed by atoms with Crippen LogP contribution in [0.5, 0.6) is 11.5 Å². The Balaban J connectivity index is 2.24. The quantitative estimate of drug-likeness (QED) is 0.293. The number of carbonyl (C=O) groups is 1. The second kappa shape index (κ2) is 7.40. The smallest absolute Gasteiger partial charge is 0.340 e. The number of ether oxygens (including phenoxy) is 3. The Labute approximate surface area is 171 Å². The number of para-hydroxylation sites is 1. The highest BCUT2D eigenvalue weighted by Crippen LogP contribution is 2.45. The van der Waals surface area contributed by atoms with Crippen molar-refractivity contribution in [1.29, 1.82) is 0 Å². The van der Waals surface area contributed by atoms with Crippen LogP contribution in [-0.2, 0) is 4.74 Å². The monoisotopic (exact) mass is 406 g/mol. The van der Waals surface area contributed by atoms with Crippen LogP contribution in [0.2, 0.25) is 0 Å². The van der Waals surface area contributed by atoms with Crippen molar-refractivity contribution in [3.8, 4) is 22.6 Å². The van der Waals surface area contributed by atoms with E-state index in [9.17, 15) is 14.9 Å². The molecule has 0 aliphatic rings. The SMILES string of the molecule is COC(=O)c1c(-c2cc(OC)ccc2OC)c([N+](=O)[O-])cc2c1[nH]c1ccccc12. The first-order valence-corrected chi connectivity index (χ1v) is 9.02. The summed E-state index contributed by atoms with van der Waals surface area (Å²) < 4.78 is 15.7. The molecule has 8 heteroatoms. The van der Waals surface area contributed by atoms with E-state index < -0.39 is 10.9 Å². The number of hydrogen-bond donors (Lipinski definition) is 1. The Bertz CT molecular complexity index is 1310. The van der Waals surface area contributed by atoms with Crippen LogP contribution < -0.4 is 9.47 Å². The molecule has 1 aromatic heterocycles. The molecule has 0 bridgehead atoms. The third kappa shape index (κ3) is 2.89. The number of esters is 1. The number of nitro groups is 1. The highest BCUT2D eigenvalue weighted by atomic mass is 16.6. The van der Waals surface area contributed by atoms with Crippen molar-refractivity contribution >= 4 is 33.5 Å². The second-order valence-corrected chi connectivity index (χ2v) is 6.55. The highest BCUT2D eigenvalue weighted by molar-refractivity contribution is 6.19. The van der Waals surface area contributed by atoms with Gasteiger partial charge in [-0.25, -0.2) is 4.79 Å². The van der Waals surface area contributed by atoms with Gasteiger partial charge in [-0.1, -0.05) is 18.2 Å². The van der Waals surface area contributed by atoms with E-state index in [4.69, 9.17) is 14.2 Å². The van der Waals surface area contributed by atoms with Gasteiger partial charge in [0.1, 0.15) is 11.5 Å². The Morgan fingerprint density at radius 3 is 2.43 bits per heavy atom.